The van der Waals surface area contributed by atoms with Gasteiger partial charge >= 0.3 is 0 Å². The highest BCUT2D eigenvalue weighted by Crippen LogP contribution is 2.09. The van der Waals surface area contributed by atoms with Crippen LogP contribution in [0.2, 0.25) is 0 Å². The number of hydrogen-bond acceptors (Lipinski definition) is 1. The summed E-state index contributed by atoms with van der Waals surface area (Å²) in [6.07, 6.45) is 2.66. The highest BCUT2D eigenvalue weighted by atomic mass is 16.1. The summed E-state index contributed by atoms with van der Waals surface area (Å²) < 4.78 is 2.06. The maximum absolute atomic E-state index is 11.5. The van der Waals surface area contributed by atoms with Gasteiger partial charge in [-0.3, -0.25) is 4.79 Å². The van der Waals surface area contributed by atoms with E-state index in [9.17, 15) is 4.79 Å². The molecular weight excluding hydrogens is 174 g/mol. The molecule has 0 fully saturated rings. The lowest BCUT2D eigenvalue weighted by Gasteiger charge is -2.08. The van der Waals surface area contributed by atoms with E-state index >= 15 is 0 Å². The summed E-state index contributed by atoms with van der Waals surface area (Å²) in [6.45, 7) is 4.66. The molecule has 0 aliphatic rings. The highest BCUT2D eigenvalue weighted by Gasteiger charge is 1.99. The van der Waals surface area contributed by atoms with Crippen molar-refractivity contribution in [1.82, 2.24) is 4.57 Å². The van der Waals surface area contributed by atoms with Gasteiger partial charge in [0, 0.05) is 24.2 Å². The van der Waals surface area contributed by atoms with E-state index in [4.69, 9.17) is 0 Å². The van der Waals surface area contributed by atoms with Gasteiger partial charge in [0.2, 0.25) is 0 Å². The molecule has 0 aliphatic carbocycles. The molecule has 0 spiro atoms. The molecule has 1 heterocycles. The van der Waals surface area contributed by atoms with Crippen LogP contribution in [0.1, 0.15) is 6.42 Å². The summed E-state index contributed by atoms with van der Waals surface area (Å²) >= 11 is 0. The van der Waals surface area contributed by atoms with Gasteiger partial charge in [-0.05, 0) is 18.6 Å². The Bertz CT molecular complexity index is 499. The number of para-hydroxylation sites is 1. The van der Waals surface area contributed by atoms with E-state index in [1.807, 2.05) is 30.5 Å². The van der Waals surface area contributed by atoms with Gasteiger partial charge < -0.3 is 4.57 Å². The zero-order chi connectivity index (χ0) is 9.97. The van der Waals surface area contributed by atoms with E-state index in [-0.39, 0.29) is 5.43 Å². The summed E-state index contributed by atoms with van der Waals surface area (Å²) in [7, 11) is 0. The zero-order valence-corrected chi connectivity index (χ0v) is 7.94. The largest absolute Gasteiger partial charge is 0.347 e. The number of benzene rings is 1. The van der Waals surface area contributed by atoms with Crippen molar-refractivity contribution >= 4 is 10.9 Å². The fraction of sp³-hybridized carbons (Fsp3) is 0.167. The Morgan fingerprint density at radius 3 is 2.79 bits per heavy atom. The smallest absolute Gasteiger partial charge is 0.189 e. The van der Waals surface area contributed by atoms with Gasteiger partial charge in [-0.2, -0.15) is 0 Å². The van der Waals surface area contributed by atoms with Gasteiger partial charge in [0.1, 0.15) is 0 Å². The molecule has 1 radical (unpaired) electrons. The SMILES string of the molecule is [CH2]CCn1ccc(=O)c2ccccc21. The van der Waals surface area contributed by atoms with Crippen LogP contribution in [0.25, 0.3) is 10.9 Å². The summed E-state index contributed by atoms with van der Waals surface area (Å²) in [5.74, 6) is 0. The number of hydrogen-bond donors (Lipinski definition) is 0. The average molecular weight is 186 g/mol. The molecule has 1 aromatic heterocycles. The van der Waals surface area contributed by atoms with Gasteiger partial charge in [-0.1, -0.05) is 19.1 Å². The van der Waals surface area contributed by atoms with E-state index in [1.54, 1.807) is 6.07 Å². The van der Waals surface area contributed by atoms with Crippen LogP contribution in [0.4, 0.5) is 0 Å². The molecule has 0 saturated carbocycles. The van der Waals surface area contributed by atoms with Crippen LogP contribution < -0.4 is 5.43 Å². The summed E-state index contributed by atoms with van der Waals surface area (Å²) in [5.41, 5.74) is 1.07. The predicted octanol–water partition coefficient (Wildman–Crippen LogP) is 2.23. The van der Waals surface area contributed by atoms with Crippen molar-refractivity contribution < 1.29 is 0 Å². The molecule has 0 atom stereocenters. The zero-order valence-electron chi connectivity index (χ0n) is 7.94. The van der Waals surface area contributed by atoms with Crippen molar-refractivity contribution in [1.29, 1.82) is 0 Å². The molecule has 71 valence electrons. The third kappa shape index (κ3) is 1.43. The molecule has 1 aromatic carbocycles. The second-order valence-electron chi connectivity index (χ2n) is 3.24. The third-order valence-corrected chi connectivity index (χ3v) is 2.28. The van der Waals surface area contributed by atoms with Crippen LogP contribution in [-0.4, -0.2) is 4.57 Å². The fourth-order valence-electron chi connectivity index (χ4n) is 1.63. The topological polar surface area (TPSA) is 22.0 Å². The molecular formula is C12H12NO. The standard InChI is InChI=1S/C12H12NO/c1-2-8-13-9-7-12(14)10-5-3-4-6-11(10)13/h3-7,9H,1-2,8H2. The monoisotopic (exact) mass is 186 g/mol. The van der Waals surface area contributed by atoms with Crippen LogP contribution in [-0.2, 0) is 6.54 Å². The Morgan fingerprint density at radius 2 is 2.00 bits per heavy atom. The number of pyridine rings is 1. The first kappa shape index (κ1) is 9.00. The Labute approximate surface area is 82.8 Å². The molecule has 0 N–H and O–H groups in total. The number of fused-ring (bicyclic) bond motifs is 1. The minimum absolute atomic E-state index is 0.0842. The van der Waals surface area contributed by atoms with E-state index in [2.05, 4.69) is 11.5 Å². The number of nitrogens with zero attached hydrogens (tertiary/aromatic N) is 1. The summed E-state index contributed by atoms with van der Waals surface area (Å²) in [4.78, 5) is 11.5. The lowest BCUT2D eigenvalue weighted by atomic mass is 10.2. The maximum Gasteiger partial charge on any atom is 0.189 e. The van der Waals surface area contributed by atoms with Crippen LogP contribution >= 0.6 is 0 Å². The number of aromatic nitrogens is 1. The van der Waals surface area contributed by atoms with Crippen LogP contribution in [0, 0.1) is 6.92 Å². The van der Waals surface area contributed by atoms with Gasteiger partial charge in [0.05, 0.1) is 5.52 Å². The maximum atomic E-state index is 11.5. The highest BCUT2D eigenvalue weighted by molar-refractivity contribution is 5.78. The Morgan fingerprint density at radius 1 is 1.21 bits per heavy atom. The van der Waals surface area contributed by atoms with Crippen molar-refractivity contribution in [3.05, 3.63) is 53.7 Å². The first-order valence-corrected chi connectivity index (χ1v) is 4.70. The second-order valence-corrected chi connectivity index (χ2v) is 3.24. The van der Waals surface area contributed by atoms with Gasteiger partial charge in [-0.25, -0.2) is 0 Å². The van der Waals surface area contributed by atoms with Crippen LogP contribution in [0.15, 0.2) is 41.3 Å². The molecule has 2 aromatic rings. The molecule has 2 rings (SSSR count). The molecule has 0 unspecified atom stereocenters. The van der Waals surface area contributed by atoms with Crippen molar-refractivity contribution in [2.75, 3.05) is 0 Å². The average Bonchev–Trinajstić information content (AvgIpc) is 2.23. The summed E-state index contributed by atoms with van der Waals surface area (Å²) in [5, 5.41) is 0.781. The molecule has 2 heteroatoms. The van der Waals surface area contributed by atoms with Gasteiger partial charge in [0.15, 0.2) is 5.43 Å². The van der Waals surface area contributed by atoms with E-state index in [0.717, 1.165) is 23.9 Å². The van der Waals surface area contributed by atoms with Crippen LogP contribution in [0.5, 0.6) is 0 Å². The molecule has 0 amide bonds. The van der Waals surface area contributed by atoms with E-state index in [0.29, 0.717) is 0 Å². The lowest BCUT2D eigenvalue weighted by Crippen LogP contribution is -2.07. The molecule has 2 nitrogen and oxygen atoms in total. The third-order valence-electron chi connectivity index (χ3n) is 2.28. The lowest BCUT2D eigenvalue weighted by molar-refractivity contribution is 0.729. The van der Waals surface area contributed by atoms with Gasteiger partial charge in [-0.15, -0.1) is 0 Å². The Balaban J connectivity index is 2.75. The molecule has 0 aliphatic heterocycles. The minimum Gasteiger partial charge on any atom is -0.347 e. The first-order chi connectivity index (χ1) is 6.83. The quantitative estimate of drug-likeness (QED) is 0.705. The van der Waals surface area contributed by atoms with E-state index < -0.39 is 0 Å². The number of rotatable bonds is 2. The second kappa shape index (κ2) is 3.66. The van der Waals surface area contributed by atoms with E-state index in [1.165, 1.54) is 0 Å². The van der Waals surface area contributed by atoms with Crippen molar-refractivity contribution in [2.45, 2.75) is 13.0 Å². The predicted molar refractivity (Wildman–Crippen MR) is 58.2 cm³/mol. The molecule has 0 saturated heterocycles. The Hall–Kier alpha value is -1.57. The van der Waals surface area contributed by atoms with Crippen molar-refractivity contribution in [2.24, 2.45) is 0 Å². The van der Waals surface area contributed by atoms with Gasteiger partial charge in [0.25, 0.3) is 0 Å². The molecule has 14 heavy (non-hydrogen) atoms. The van der Waals surface area contributed by atoms with Crippen molar-refractivity contribution in [3.63, 3.8) is 0 Å². The van der Waals surface area contributed by atoms with Crippen LogP contribution in [0.3, 0.4) is 0 Å². The van der Waals surface area contributed by atoms with Crippen molar-refractivity contribution in [3.8, 4) is 0 Å². The Kier molecular flexibility index (Phi) is 2.35. The molecule has 0 bridgehead atoms. The number of aryl methyl sites for hydroxylation is 1. The normalized spacial score (nSPS) is 10.6. The first-order valence-electron chi connectivity index (χ1n) is 4.70. The summed E-state index contributed by atoms with van der Waals surface area (Å²) in [6, 6.07) is 9.27. The fourth-order valence-corrected chi connectivity index (χ4v) is 1.63. The minimum atomic E-state index is 0.0842.